The molecule has 0 atom stereocenters. The highest BCUT2D eigenvalue weighted by molar-refractivity contribution is 5.84. The number of amides is 1. The third-order valence-corrected chi connectivity index (χ3v) is 3.34. The normalized spacial score (nSPS) is 15.7. The monoisotopic (exact) mass is 281 g/mol. The summed E-state index contributed by atoms with van der Waals surface area (Å²) in [5, 5.41) is 0. The van der Waals surface area contributed by atoms with Crippen molar-refractivity contribution in [2.24, 2.45) is 0 Å². The van der Waals surface area contributed by atoms with Crippen molar-refractivity contribution in [2.75, 3.05) is 43.9 Å². The summed E-state index contributed by atoms with van der Waals surface area (Å²) >= 11 is 0. The van der Waals surface area contributed by atoms with Crippen LogP contribution in [0.25, 0.3) is 0 Å². The summed E-state index contributed by atoms with van der Waals surface area (Å²) in [6.07, 6.45) is 0.798. The summed E-state index contributed by atoms with van der Waals surface area (Å²) in [7, 11) is 1.77. The minimum Gasteiger partial charge on any atom is -0.490 e. The maximum absolute atomic E-state index is 13.8. The van der Waals surface area contributed by atoms with Gasteiger partial charge in [-0.1, -0.05) is 6.92 Å². The zero-order chi connectivity index (χ0) is 14.7. The number of piperazine rings is 1. The number of halogens is 1. The van der Waals surface area contributed by atoms with Crippen LogP contribution < -0.4 is 15.4 Å². The molecule has 1 heterocycles. The average molecular weight is 281 g/mol. The topological polar surface area (TPSA) is 58.8 Å². The Bertz CT molecular complexity index is 507. The van der Waals surface area contributed by atoms with Crippen LogP contribution in [0.1, 0.15) is 13.3 Å². The maximum atomic E-state index is 13.8. The Morgan fingerprint density at radius 1 is 1.40 bits per heavy atom. The van der Waals surface area contributed by atoms with Crippen LogP contribution in [0.15, 0.2) is 12.1 Å². The number of nitrogens with zero attached hydrogens (tertiary/aromatic N) is 2. The summed E-state index contributed by atoms with van der Waals surface area (Å²) in [4.78, 5) is 15.3. The number of carbonyl (C=O) groups is 1. The number of rotatable bonds is 4. The second kappa shape index (κ2) is 5.98. The Balaban J connectivity index is 2.24. The third kappa shape index (κ3) is 2.95. The highest BCUT2D eigenvalue weighted by atomic mass is 19.1. The van der Waals surface area contributed by atoms with Crippen LogP contribution in [0.4, 0.5) is 15.8 Å². The smallest absolute Gasteiger partial charge is 0.241 e. The Morgan fingerprint density at radius 2 is 2.15 bits per heavy atom. The first-order chi connectivity index (χ1) is 9.52. The summed E-state index contributed by atoms with van der Waals surface area (Å²) in [5.41, 5.74) is 6.84. The maximum Gasteiger partial charge on any atom is 0.241 e. The van der Waals surface area contributed by atoms with Crippen molar-refractivity contribution >= 4 is 17.3 Å². The predicted octanol–water partition coefficient (Wildman–Crippen LogP) is 1.48. The molecule has 2 N–H and O–H groups in total. The van der Waals surface area contributed by atoms with Crippen LogP contribution in [0.2, 0.25) is 0 Å². The standard InChI is InChI=1S/C14H20FN3O2/c1-3-6-20-13-8-12(11(16)7-10(13)15)18-5-4-17(2)14(19)9-18/h7-8H,3-6,9,16H2,1-2H3. The third-order valence-electron chi connectivity index (χ3n) is 3.34. The molecule has 0 spiro atoms. The Kier molecular flexibility index (Phi) is 4.32. The second-order valence-electron chi connectivity index (χ2n) is 4.93. The van der Waals surface area contributed by atoms with Crippen molar-refractivity contribution in [1.29, 1.82) is 0 Å². The first kappa shape index (κ1) is 14.4. The molecular formula is C14H20FN3O2. The van der Waals surface area contributed by atoms with E-state index in [0.717, 1.165) is 6.42 Å². The van der Waals surface area contributed by atoms with Gasteiger partial charge >= 0.3 is 0 Å². The number of benzene rings is 1. The van der Waals surface area contributed by atoms with Gasteiger partial charge in [0.2, 0.25) is 5.91 Å². The number of hydrogen-bond donors (Lipinski definition) is 1. The van der Waals surface area contributed by atoms with Gasteiger partial charge in [0.05, 0.1) is 24.5 Å². The molecule has 0 unspecified atom stereocenters. The SMILES string of the molecule is CCCOc1cc(N2CCN(C)C(=O)C2)c(N)cc1F. The van der Waals surface area contributed by atoms with Gasteiger partial charge in [0.1, 0.15) is 0 Å². The fourth-order valence-corrected chi connectivity index (χ4v) is 2.12. The largest absolute Gasteiger partial charge is 0.490 e. The van der Waals surface area contributed by atoms with Gasteiger partial charge in [-0.15, -0.1) is 0 Å². The van der Waals surface area contributed by atoms with Crippen LogP contribution in [0.5, 0.6) is 5.75 Å². The van der Waals surface area contributed by atoms with E-state index in [0.29, 0.717) is 31.1 Å². The van der Waals surface area contributed by atoms with Crippen LogP contribution in [0.3, 0.4) is 0 Å². The summed E-state index contributed by atoms with van der Waals surface area (Å²) in [5.74, 6) is -0.265. The van der Waals surface area contributed by atoms with E-state index in [2.05, 4.69) is 0 Å². The van der Waals surface area contributed by atoms with Gasteiger partial charge < -0.3 is 20.3 Å². The molecular weight excluding hydrogens is 261 g/mol. The quantitative estimate of drug-likeness (QED) is 0.849. The lowest BCUT2D eigenvalue weighted by molar-refractivity contribution is -0.129. The Hall–Kier alpha value is -1.98. The number of ether oxygens (including phenoxy) is 1. The molecule has 0 saturated carbocycles. The first-order valence-corrected chi connectivity index (χ1v) is 6.73. The van der Waals surface area contributed by atoms with Crippen LogP contribution in [-0.2, 0) is 4.79 Å². The van der Waals surface area contributed by atoms with Gasteiger partial charge in [0, 0.05) is 32.3 Å². The van der Waals surface area contributed by atoms with Gasteiger partial charge in [-0.05, 0) is 6.42 Å². The van der Waals surface area contributed by atoms with E-state index < -0.39 is 5.82 Å². The summed E-state index contributed by atoms with van der Waals surface area (Å²) < 4.78 is 19.1. The molecule has 20 heavy (non-hydrogen) atoms. The lowest BCUT2D eigenvalue weighted by Gasteiger charge is -2.34. The zero-order valence-corrected chi connectivity index (χ0v) is 11.9. The van der Waals surface area contributed by atoms with Crippen molar-refractivity contribution < 1.29 is 13.9 Å². The highest BCUT2D eigenvalue weighted by Crippen LogP contribution is 2.31. The van der Waals surface area contributed by atoms with Gasteiger partial charge in [-0.3, -0.25) is 4.79 Å². The molecule has 0 aromatic heterocycles. The molecule has 1 amide bonds. The minimum absolute atomic E-state index is 0.0241. The van der Waals surface area contributed by atoms with E-state index in [1.165, 1.54) is 6.07 Å². The van der Waals surface area contributed by atoms with E-state index in [1.54, 1.807) is 18.0 Å². The molecule has 110 valence electrons. The van der Waals surface area contributed by atoms with Crippen molar-refractivity contribution in [3.63, 3.8) is 0 Å². The van der Waals surface area contributed by atoms with Crippen molar-refractivity contribution in [3.05, 3.63) is 17.9 Å². The molecule has 1 fully saturated rings. The van der Waals surface area contributed by atoms with Crippen molar-refractivity contribution in [3.8, 4) is 5.75 Å². The fraction of sp³-hybridized carbons (Fsp3) is 0.500. The van der Waals surface area contributed by atoms with Gasteiger partial charge in [0.15, 0.2) is 11.6 Å². The van der Waals surface area contributed by atoms with E-state index >= 15 is 0 Å². The molecule has 1 aliphatic heterocycles. The van der Waals surface area contributed by atoms with Crippen LogP contribution >= 0.6 is 0 Å². The highest BCUT2D eigenvalue weighted by Gasteiger charge is 2.23. The van der Waals surface area contributed by atoms with Crippen LogP contribution in [0, 0.1) is 5.82 Å². The van der Waals surface area contributed by atoms with Gasteiger partial charge in [-0.25, -0.2) is 4.39 Å². The predicted molar refractivity (Wildman–Crippen MR) is 76.4 cm³/mol. The Morgan fingerprint density at radius 3 is 2.80 bits per heavy atom. The molecule has 6 heteroatoms. The fourth-order valence-electron chi connectivity index (χ4n) is 2.12. The number of carbonyl (C=O) groups excluding carboxylic acids is 1. The second-order valence-corrected chi connectivity index (χ2v) is 4.93. The molecule has 0 radical (unpaired) electrons. The molecule has 0 aliphatic carbocycles. The lowest BCUT2D eigenvalue weighted by Crippen LogP contribution is -2.48. The van der Waals surface area contributed by atoms with Crippen LogP contribution in [-0.4, -0.2) is 44.1 Å². The number of nitrogen functional groups attached to an aromatic ring is 1. The minimum atomic E-state index is -0.472. The number of anilines is 2. The van der Waals surface area contributed by atoms with Crippen molar-refractivity contribution in [2.45, 2.75) is 13.3 Å². The molecule has 0 bridgehead atoms. The number of likely N-dealkylation sites (N-methyl/N-ethyl adjacent to an activating group) is 1. The van der Waals surface area contributed by atoms with E-state index in [9.17, 15) is 9.18 Å². The molecule has 5 nitrogen and oxygen atoms in total. The molecule has 1 aromatic carbocycles. The summed E-state index contributed by atoms with van der Waals surface area (Å²) in [6.45, 7) is 3.95. The van der Waals surface area contributed by atoms with Gasteiger partial charge in [-0.2, -0.15) is 0 Å². The molecule has 2 rings (SSSR count). The Labute approximate surface area is 118 Å². The van der Waals surface area contributed by atoms with E-state index in [1.807, 2.05) is 11.8 Å². The van der Waals surface area contributed by atoms with Gasteiger partial charge in [0.25, 0.3) is 0 Å². The average Bonchev–Trinajstić information content (AvgIpc) is 2.41. The molecule has 1 aliphatic rings. The van der Waals surface area contributed by atoms with E-state index in [4.69, 9.17) is 10.5 Å². The van der Waals surface area contributed by atoms with Crippen molar-refractivity contribution in [1.82, 2.24) is 4.90 Å². The molecule has 1 aromatic rings. The lowest BCUT2D eigenvalue weighted by atomic mass is 10.2. The first-order valence-electron chi connectivity index (χ1n) is 6.73. The number of hydrogen-bond acceptors (Lipinski definition) is 4. The number of nitrogens with two attached hydrogens (primary N) is 1. The van der Waals surface area contributed by atoms with E-state index in [-0.39, 0.29) is 18.2 Å². The zero-order valence-electron chi connectivity index (χ0n) is 11.9. The molecule has 1 saturated heterocycles. The summed E-state index contributed by atoms with van der Waals surface area (Å²) in [6, 6.07) is 2.84.